The molecule has 1 rings (SSSR count). The minimum absolute atomic E-state index is 0.115. The fraction of sp³-hybridized carbons (Fsp3) is 0.611. The molecule has 3 nitrogen and oxygen atoms in total. The number of amides is 1. The molecule has 1 aromatic rings. The van der Waals surface area contributed by atoms with E-state index in [1.165, 1.54) is 11.1 Å². The van der Waals surface area contributed by atoms with E-state index in [4.69, 9.17) is 5.73 Å². The summed E-state index contributed by atoms with van der Waals surface area (Å²) in [5, 5.41) is 3.67. The van der Waals surface area contributed by atoms with Gasteiger partial charge in [0.05, 0.1) is 0 Å². The highest BCUT2D eigenvalue weighted by atomic mass is 32.2. The lowest BCUT2D eigenvalue weighted by atomic mass is 10.1. The number of rotatable bonds is 10. The summed E-state index contributed by atoms with van der Waals surface area (Å²) in [4.78, 5) is 12.0. The van der Waals surface area contributed by atoms with Crippen LogP contribution < -0.4 is 11.1 Å². The SMILES string of the molecule is Cc1c(CSC(C)C)cccc1NC(=O)CCCCCCN. The van der Waals surface area contributed by atoms with Gasteiger partial charge in [-0.1, -0.05) is 38.8 Å². The molecule has 0 heterocycles. The summed E-state index contributed by atoms with van der Waals surface area (Å²) in [5.41, 5.74) is 8.91. The van der Waals surface area contributed by atoms with Crippen LogP contribution in [0, 0.1) is 6.92 Å². The smallest absolute Gasteiger partial charge is 0.224 e. The average molecular weight is 323 g/mol. The normalized spacial score (nSPS) is 11.0. The molecular weight excluding hydrogens is 292 g/mol. The third kappa shape index (κ3) is 7.32. The summed E-state index contributed by atoms with van der Waals surface area (Å²) in [6, 6.07) is 6.17. The van der Waals surface area contributed by atoms with Crippen molar-refractivity contribution in [3.05, 3.63) is 29.3 Å². The molecule has 4 heteroatoms. The van der Waals surface area contributed by atoms with Crippen LogP contribution in [0.3, 0.4) is 0 Å². The summed E-state index contributed by atoms with van der Waals surface area (Å²) >= 11 is 1.92. The zero-order valence-electron chi connectivity index (χ0n) is 14.2. The van der Waals surface area contributed by atoms with Gasteiger partial charge >= 0.3 is 0 Å². The maximum Gasteiger partial charge on any atom is 0.224 e. The molecular formula is C18H30N2OS. The molecule has 0 aromatic heterocycles. The van der Waals surface area contributed by atoms with Crippen LogP contribution in [0.4, 0.5) is 5.69 Å². The van der Waals surface area contributed by atoms with E-state index in [1.54, 1.807) is 0 Å². The Bertz CT molecular complexity index is 460. The van der Waals surface area contributed by atoms with E-state index in [9.17, 15) is 4.79 Å². The number of hydrogen-bond donors (Lipinski definition) is 2. The topological polar surface area (TPSA) is 55.1 Å². The Hall–Kier alpha value is -1.00. The van der Waals surface area contributed by atoms with E-state index in [0.717, 1.165) is 43.7 Å². The minimum atomic E-state index is 0.115. The second kappa shape index (κ2) is 10.7. The van der Waals surface area contributed by atoms with Crippen LogP contribution in [0.2, 0.25) is 0 Å². The quantitative estimate of drug-likeness (QED) is 0.624. The lowest BCUT2D eigenvalue weighted by Gasteiger charge is -2.13. The standard InChI is InChI=1S/C18H30N2OS/c1-14(2)22-13-16-9-8-10-17(15(16)3)20-18(21)11-6-4-5-7-12-19/h8-10,14H,4-7,11-13,19H2,1-3H3,(H,20,21). The van der Waals surface area contributed by atoms with Crippen molar-refractivity contribution in [2.24, 2.45) is 5.73 Å². The number of hydrogen-bond acceptors (Lipinski definition) is 3. The van der Waals surface area contributed by atoms with E-state index in [-0.39, 0.29) is 5.91 Å². The Kier molecular flexibility index (Phi) is 9.25. The van der Waals surface area contributed by atoms with E-state index in [1.807, 2.05) is 23.9 Å². The van der Waals surface area contributed by atoms with Gasteiger partial charge in [-0.15, -0.1) is 0 Å². The zero-order valence-corrected chi connectivity index (χ0v) is 15.0. The summed E-state index contributed by atoms with van der Waals surface area (Å²) in [6.07, 6.45) is 4.78. The largest absolute Gasteiger partial charge is 0.330 e. The zero-order chi connectivity index (χ0) is 16.4. The highest BCUT2D eigenvalue weighted by Crippen LogP contribution is 2.25. The van der Waals surface area contributed by atoms with Crippen molar-refractivity contribution < 1.29 is 4.79 Å². The van der Waals surface area contributed by atoms with Gasteiger partial charge in [0.2, 0.25) is 5.91 Å². The van der Waals surface area contributed by atoms with Crippen LogP contribution >= 0.6 is 11.8 Å². The Morgan fingerprint density at radius 1 is 1.23 bits per heavy atom. The van der Waals surface area contributed by atoms with Crippen LogP contribution in [0.15, 0.2) is 18.2 Å². The summed E-state index contributed by atoms with van der Waals surface area (Å²) in [7, 11) is 0. The molecule has 0 aliphatic heterocycles. The van der Waals surface area contributed by atoms with Gasteiger partial charge in [-0.3, -0.25) is 4.79 Å². The molecule has 0 spiro atoms. The summed E-state index contributed by atoms with van der Waals surface area (Å²) < 4.78 is 0. The maximum absolute atomic E-state index is 12.0. The fourth-order valence-electron chi connectivity index (χ4n) is 2.23. The van der Waals surface area contributed by atoms with Crippen molar-refractivity contribution >= 4 is 23.4 Å². The third-order valence-electron chi connectivity index (χ3n) is 3.65. The van der Waals surface area contributed by atoms with Crippen LogP contribution in [0.5, 0.6) is 0 Å². The third-order valence-corrected chi connectivity index (χ3v) is 4.79. The first-order valence-corrected chi connectivity index (χ1v) is 9.29. The molecule has 0 atom stereocenters. The number of nitrogens with one attached hydrogen (secondary N) is 1. The number of unbranched alkanes of at least 4 members (excludes halogenated alkanes) is 3. The number of carbonyl (C=O) groups is 1. The highest BCUT2D eigenvalue weighted by Gasteiger charge is 2.08. The van der Waals surface area contributed by atoms with Crippen molar-refractivity contribution in [3.63, 3.8) is 0 Å². The van der Waals surface area contributed by atoms with Crippen molar-refractivity contribution in [3.8, 4) is 0 Å². The Balaban J connectivity index is 2.47. The molecule has 0 saturated carbocycles. The first kappa shape index (κ1) is 19.0. The molecule has 0 aliphatic carbocycles. The molecule has 3 N–H and O–H groups in total. The molecule has 22 heavy (non-hydrogen) atoms. The van der Waals surface area contributed by atoms with Gasteiger partial charge in [0.25, 0.3) is 0 Å². The van der Waals surface area contributed by atoms with E-state index in [0.29, 0.717) is 11.7 Å². The highest BCUT2D eigenvalue weighted by molar-refractivity contribution is 7.99. The Labute approximate surface area is 139 Å². The first-order valence-electron chi connectivity index (χ1n) is 8.24. The monoisotopic (exact) mass is 322 g/mol. The van der Waals surface area contributed by atoms with Crippen molar-refractivity contribution in [1.29, 1.82) is 0 Å². The molecule has 0 saturated heterocycles. The van der Waals surface area contributed by atoms with Crippen LogP contribution in [0.25, 0.3) is 0 Å². The van der Waals surface area contributed by atoms with E-state index in [2.05, 4.69) is 32.2 Å². The fourth-order valence-corrected chi connectivity index (χ4v) is 3.05. The number of carbonyl (C=O) groups excluding carboxylic acids is 1. The van der Waals surface area contributed by atoms with Gasteiger partial charge in [-0.05, 0) is 48.8 Å². The van der Waals surface area contributed by atoms with Crippen LogP contribution in [0.1, 0.15) is 57.1 Å². The summed E-state index contributed by atoms with van der Waals surface area (Å²) in [6.45, 7) is 7.24. The predicted octanol–water partition coefficient (Wildman–Crippen LogP) is 4.48. The maximum atomic E-state index is 12.0. The molecule has 0 fully saturated rings. The van der Waals surface area contributed by atoms with Crippen molar-refractivity contribution in [1.82, 2.24) is 0 Å². The van der Waals surface area contributed by atoms with Gasteiger partial charge in [0, 0.05) is 17.9 Å². The molecule has 0 aliphatic rings. The van der Waals surface area contributed by atoms with Gasteiger partial charge in [0.15, 0.2) is 0 Å². The second-order valence-electron chi connectivity index (χ2n) is 5.95. The van der Waals surface area contributed by atoms with E-state index < -0.39 is 0 Å². The lowest BCUT2D eigenvalue weighted by Crippen LogP contribution is -2.12. The second-order valence-corrected chi connectivity index (χ2v) is 7.52. The number of benzene rings is 1. The Morgan fingerprint density at radius 2 is 1.95 bits per heavy atom. The molecule has 0 bridgehead atoms. The number of thioether (sulfide) groups is 1. The molecule has 0 unspecified atom stereocenters. The van der Waals surface area contributed by atoms with Crippen molar-refractivity contribution in [2.45, 2.75) is 63.9 Å². The van der Waals surface area contributed by atoms with Gasteiger partial charge in [0.1, 0.15) is 0 Å². The molecule has 1 aromatic carbocycles. The number of anilines is 1. The lowest BCUT2D eigenvalue weighted by molar-refractivity contribution is -0.116. The van der Waals surface area contributed by atoms with Gasteiger partial charge < -0.3 is 11.1 Å². The van der Waals surface area contributed by atoms with Crippen LogP contribution in [-0.2, 0) is 10.5 Å². The van der Waals surface area contributed by atoms with Gasteiger partial charge in [-0.25, -0.2) is 0 Å². The molecule has 1 amide bonds. The Morgan fingerprint density at radius 3 is 2.64 bits per heavy atom. The molecule has 124 valence electrons. The predicted molar refractivity (Wildman–Crippen MR) is 98.4 cm³/mol. The average Bonchev–Trinajstić information content (AvgIpc) is 2.48. The minimum Gasteiger partial charge on any atom is -0.330 e. The molecule has 0 radical (unpaired) electrons. The van der Waals surface area contributed by atoms with Crippen molar-refractivity contribution in [2.75, 3.05) is 11.9 Å². The number of nitrogens with two attached hydrogens (primary N) is 1. The van der Waals surface area contributed by atoms with Crippen LogP contribution in [-0.4, -0.2) is 17.7 Å². The first-order chi connectivity index (χ1) is 10.5. The van der Waals surface area contributed by atoms with E-state index >= 15 is 0 Å². The summed E-state index contributed by atoms with van der Waals surface area (Å²) in [5.74, 6) is 1.11. The van der Waals surface area contributed by atoms with Gasteiger partial charge in [-0.2, -0.15) is 11.8 Å².